The summed E-state index contributed by atoms with van der Waals surface area (Å²) >= 11 is 1.64. The average Bonchev–Trinajstić information content (AvgIpc) is 2.71. The lowest BCUT2D eigenvalue weighted by Gasteiger charge is -2.02. The zero-order valence-electron chi connectivity index (χ0n) is 11.0. The first-order valence-electron chi connectivity index (χ1n) is 6.08. The fourth-order valence-corrected chi connectivity index (χ4v) is 2.71. The fourth-order valence-electron chi connectivity index (χ4n) is 1.77. The molecule has 0 aliphatic rings. The molecule has 18 heavy (non-hydrogen) atoms. The molecule has 0 aromatic carbocycles. The summed E-state index contributed by atoms with van der Waals surface area (Å²) in [5.74, 6) is 1.35. The van der Waals surface area contributed by atoms with Crippen LogP contribution < -0.4 is 5.73 Å². The van der Waals surface area contributed by atoms with E-state index in [9.17, 15) is 0 Å². The van der Waals surface area contributed by atoms with Crippen LogP contribution in [0.4, 0.5) is 0 Å². The van der Waals surface area contributed by atoms with Gasteiger partial charge in [-0.2, -0.15) is 0 Å². The normalized spacial score (nSPS) is 11.2. The minimum atomic E-state index is 0.545. The highest BCUT2D eigenvalue weighted by Crippen LogP contribution is 2.27. The highest BCUT2D eigenvalue weighted by molar-refractivity contribution is 7.15. The van der Waals surface area contributed by atoms with Crippen molar-refractivity contribution in [2.24, 2.45) is 11.7 Å². The largest absolute Gasteiger partial charge is 0.326 e. The Bertz CT molecular complexity index is 534. The van der Waals surface area contributed by atoms with E-state index in [1.807, 2.05) is 13.0 Å². The maximum atomic E-state index is 5.79. The first kappa shape index (κ1) is 13.1. The molecular weight excluding hydrogens is 244 g/mol. The Labute approximate surface area is 111 Å². The number of nitrogens with two attached hydrogens (primary N) is 1. The number of aromatic nitrogens is 3. The van der Waals surface area contributed by atoms with Crippen molar-refractivity contribution in [2.45, 2.75) is 33.7 Å². The van der Waals surface area contributed by atoms with Crippen LogP contribution in [0.2, 0.25) is 0 Å². The predicted octanol–water partition coefficient (Wildman–Crippen LogP) is 2.57. The lowest BCUT2D eigenvalue weighted by atomic mass is 10.1. The fraction of sp³-hybridized carbons (Fsp3) is 0.462. The highest BCUT2D eigenvalue weighted by atomic mass is 32.1. The van der Waals surface area contributed by atoms with Crippen molar-refractivity contribution in [2.75, 3.05) is 0 Å². The molecule has 0 radical (unpaired) electrons. The van der Waals surface area contributed by atoms with Gasteiger partial charge < -0.3 is 5.73 Å². The molecule has 5 heteroatoms. The van der Waals surface area contributed by atoms with Crippen molar-refractivity contribution in [3.63, 3.8) is 0 Å². The summed E-state index contributed by atoms with van der Waals surface area (Å²) in [5, 5.41) is 0.941. The van der Waals surface area contributed by atoms with E-state index >= 15 is 0 Å². The maximum absolute atomic E-state index is 5.79. The van der Waals surface area contributed by atoms with E-state index in [0.717, 1.165) is 33.5 Å². The molecule has 0 aliphatic carbocycles. The van der Waals surface area contributed by atoms with Gasteiger partial charge in [0.25, 0.3) is 0 Å². The van der Waals surface area contributed by atoms with Crippen LogP contribution in [-0.4, -0.2) is 15.0 Å². The maximum Gasteiger partial charge on any atom is 0.142 e. The van der Waals surface area contributed by atoms with Crippen LogP contribution in [-0.2, 0) is 13.0 Å². The summed E-state index contributed by atoms with van der Waals surface area (Å²) in [6, 6.07) is 1.89. The van der Waals surface area contributed by atoms with Crippen LogP contribution in [0.5, 0.6) is 0 Å². The number of hydrogen-bond donors (Lipinski definition) is 1. The molecule has 2 aromatic rings. The number of hydrogen-bond acceptors (Lipinski definition) is 5. The number of thiazole rings is 1. The van der Waals surface area contributed by atoms with E-state index in [4.69, 9.17) is 5.73 Å². The van der Waals surface area contributed by atoms with Crippen molar-refractivity contribution >= 4 is 11.3 Å². The highest BCUT2D eigenvalue weighted by Gasteiger charge is 2.13. The molecule has 0 unspecified atom stereocenters. The third-order valence-corrected chi connectivity index (χ3v) is 3.70. The Morgan fingerprint density at radius 2 is 2.11 bits per heavy atom. The summed E-state index contributed by atoms with van der Waals surface area (Å²) in [4.78, 5) is 14.4. The van der Waals surface area contributed by atoms with E-state index in [1.54, 1.807) is 17.5 Å². The first-order valence-corrected chi connectivity index (χ1v) is 6.90. The van der Waals surface area contributed by atoms with Crippen molar-refractivity contribution in [1.29, 1.82) is 0 Å². The molecule has 4 nitrogen and oxygen atoms in total. The molecule has 2 N–H and O–H groups in total. The van der Waals surface area contributed by atoms with Gasteiger partial charge in [0.15, 0.2) is 0 Å². The van der Waals surface area contributed by atoms with E-state index in [2.05, 4.69) is 28.8 Å². The van der Waals surface area contributed by atoms with Gasteiger partial charge in [0.1, 0.15) is 16.5 Å². The third kappa shape index (κ3) is 2.91. The molecule has 0 saturated carbocycles. The molecule has 0 saturated heterocycles. The quantitative estimate of drug-likeness (QED) is 0.919. The Morgan fingerprint density at radius 1 is 1.33 bits per heavy atom. The van der Waals surface area contributed by atoms with E-state index < -0.39 is 0 Å². The minimum absolute atomic E-state index is 0.545. The number of aryl methyl sites for hydroxylation is 1. The summed E-state index contributed by atoms with van der Waals surface area (Å²) in [6.07, 6.45) is 2.73. The van der Waals surface area contributed by atoms with E-state index in [0.29, 0.717) is 12.5 Å². The van der Waals surface area contributed by atoms with Gasteiger partial charge >= 0.3 is 0 Å². The smallest absolute Gasteiger partial charge is 0.142 e. The number of rotatable bonds is 4. The zero-order valence-corrected chi connectivity index (χ0v) is 11.8. The van der Waals surface area contributed by atoms with Gasteiger partial charge in [-0.05, 0) is 25.3 Å². The second-order valence-corrected chi connectivity index (χ2v) is 5.76. The molecule has 0 spiro atoms. The lowest BCUT2D eigenvalue weighted by molar-refractivity contribution is 0.634. The van der Waals surface area contributed by atoms with E-state index in [1.165, 1.54) is 0 Å². The summed E-state index contributed by atoms with van der Waals surface area (Å²) in [7, 11) is 0. The van der Waals surface area contributed by atoms with Crippen LogP contribution in [0.1, 0.15) is 30.2 Å². The summed E-state index contributed by atoms with van der Waals surface area (Å²) < 4.78 is 0. The predicted molar refractivity (Wildman–Crippen MR) is 74.3 cm³/mol. The van der Waals surface area contributed by atoms with Crippen molar-refractivity contribution in [3.8, 4) is 10.7 Å². The van der Waals surface area contributed by atoms with Crippen LogP contribution in [0.25, 0.3) is 10.7 Å². The van der Waals surface area contributed by atoms with Crippen LogP contribution in [0.15, 0.2) is 12.3 Å². The molecule has 0 atom stereocenters. The van der Waals surface area contributed by atoms with Gasteiger partial charge in [0, 0.05) is 17.6 Å². The van der Waals surface area contributed by atoms with Crippen molar-refractivity contribution in [1.82, 2.24) is 15.0 Å². The topological polar surface area (TPSA) is 64.7 Å². The first-order chi connectivity index (χ1) is 8.60. The van der Waals surface area contributed by atoms with Gasteiger partial charge in [-0.3, -0.25) is 0 Å². The van der Waals surface area contributed by atoms with Gasteiger partial charge in [-0.1, -0.05) is 13.8 Å². The molecule has 0 aliphatic heterocycles. The molecule has 0 bridgehead atoms. The van der Waals surface area contributed by atoms with Crippen molar-refractivity contribution < 1.29 is 0 Å². The molecule has 0 fully saturated rings. The Kier molecular flexibility index (Phi) is 4.04. The monoisotopic (exact) mass is 262 g/mol. The van der Waals surface area contributed by atoms with Crippen LogP contribution in [0.3, 0.4) is 0 Å². The number of nitrogens with zero attached hydrogens (tertiary/aromatic N) is 3. The molecular formula is C13H18N4S. The molecule has 96 valence electrons. The minimum Gasteiger partial charge on any atom is -0.326 e. The summed E-state index contributed by atoms with van der Waals surface area (Å²) in [5.41, 5.74) is 7.79. The van der Waals surface area contributed by atoms with Gasteiger partial charge in [0.05, 0.1) is 5.69 Å². The van der Waals surface area contributed by atoms with Crippen molar-refractivity contribution in [3.05, 3.63) is 28.7 Å². The standard InChI is InChI=1S/C13H18N4S/c1-8(2)6-11-12(7-14)18-13(17-11)10-4-5-15-9(3)16-10/h4-5,8H,6-7,14H2,1-3H3. The Hall–Kier alpha value is -1.33. The van der Waals surface area contributed by atoms with Gasteiger partial charge in [-0.25, -0.2) is 15.0 Å². The van der Waals surface area contributed by atoms with E-state index in [-0.39, 0.29) is 0 Å². The van der Waals surface area contributed by atoms with Crippen LogP contribution in [0, 0.1) is 12.8 Å². The molecule has 2 rings (SSSR count). The molecule has 2 aromatic heterocycles. The Balaban J connectivity index is 2.37. The Morgan fingerprint density at radius 3 is 2.72 bits per heavy atom. The third-order valence-electron chi connectivity index (χ3n) is 2.56. The lowest BCUT2D eigenvalue weighted by Crippen LogP contribution is -2.02. The molecule has 0 amide bonds. The van der Waals surface area contributed by atoms with Gasteiger partial charge in [-0.15, -0.1) is 11.3 Å². The van der Waals surface area contributed by atoms with Crippen LogP contribution >= 0.6 is 11.3 Å². The second-order valence-electron chi connectivity index (χ2n) is 4.68. The zero-order chi connectivity index (χ0) is 13.1. The average molecular weight is 262 g/mol. The summed E-state index contributed by atoms with van der Waals surface area (Å²) in [6.45, 7) is 6.81. The van der Waals surface area contributed by atoms with Gasteiger partial charge in [0.2, 0.25) is 0 Å². The molecule has 2 heterocycles. The SMILES string of the molecule is Cc1nccc(-c2nc(CC(C)C)c(CN)s2)n1. The second kappa shape index (κ2) is 5.54.